The van der Waals surface area contributed by atoms with Gasteiger partial charge in [0, 0.05) is 37.6 Å². The number of aromatic nitrogens is 2. The van der Waals surface area contributed by atoms with E-state index in [0.29, 0.717) is 6.54 Å². The van der Waals surface area contributed by atoms with Gasteiger partial charge in [-0.2, -0.15) is 0 Å². The van der Waals surface area contributed by atoms with Gasteiger partial charge in [0.05, 0.1) is 11.9 Å². The van der Waals surface area contributed by atoms with E-state index in [1.165, 1.54) is 4.88 Å². The number of fused-ring (bicyclic) bond motifs is 1. The van der Waals surface area contributed by atoms with Gasteiger partial charge >= 0.3 is 6.03 Å². The van der Waals surface area contributed by atoms with Crippen LogP contribution in [0.25, 0.3) is 10.2 Å². The molecular formula is C19H22N6O2S2. The van der Waals surface area contributed by atoms with Crippen molar-refractivity contribution < 1.29 is 9.59 Å². The number of imide groups is 1. The summed E-state index contributed by atoms with van der Waals surface area (Å²) in [4.78, 5) is 39.3. The minimum absolute atomic E-state index is 0.212. The number of rotatable bonds is 6. The average molecular weight is 431 g/mol. The highest BCUT2D eigenvalue weighted by Crippen LogP contribution is 2.27. The molecule has 1 saturated heterocycles. The van der Waals surface area contributed by atoms with Gasteiger partial charge in [-0.1, -0.05) is 6.07 Å². The maximum atomic E-state index is 12.2. The van der Waals surface area contributed by atoms with Gasteiger partial charge in [0.25, 0.3) is 0 Å². The third-order valence-electron chi connectivity index (χ3n) is 4.77. The molecule has 0 bridgehead atoms. The molecule has 10 heteroatoms. The molecule has 0 unspecified atom stereocenters. The number of carbonyl (C=O) groups excluding carboxylic acids is 2. The predicted molar refractivity (Wildman–Crippen MR) is 116 cm³/mol. The van der Waals surface area contributed by atoms with Crippen LogP contribution >= 0.6 is 22.7 Å². The number of nitrogens with zero attached hydrogens (tertiary/aromatic N) is 4. The molecule has 3 amide bonds. The van der Waals surface area contributed by atoms with Gasteiger partial charge in [-0.15, -0.1) is 22.7 Å². The first kappa shape index (κ1) is 19.7. The van der Waals surface area contributed by atoms with Crippen LogP contribution in [0, 0.1) is 0 Å². The van der Waals surface area contributed by atoms with E-state index >= 15 is 0 Å². The highest BCUT2D eigenvalue weighted by molar-refractivity contribution is 7.16. The predicted octanol–water partition coefficient (Wildman–Crippen LogP) is 1.94. The van der Waals surface area contributed by atoms with E-state index in [4.69, 9.17) is 0 Å². The number of thiophene rings is 2. The van der Waals surface area contributed by atoms with Crippen LogP contribution < -0.4 is 15.5 Å². The summed E-state index contributed by atoms with van der Waals surface area (Å²) in [6.45, 7) is 3.76. The number of hydrogen-bond donors (Lipinski definition) is 2. The van der Waals surface area contributed by atoms with Crippen LogP contribution in [0.1, 0.15) is 4.88 Å². The number of nitrogens with one attached hydrogen (secondary N) is 2. The monoisotopic (exact) mass is 430 g/mol. The summed E-state index contributed by atoms with van der Waals surface area (Å²) in [6, 6.07) is 5.62. The second-order valence-electron chi connectivity index (χ2n) is 6.73. The molecule has 1 fully saturated rings. The summed E-state index contributed by atoms with van der Waals surface area (Å²) in [5, 5.41) is 10.2. The van der Waals surface area contributed by atoms with Crippen LogP contribution in [-0.2, 0) is 11.2 Å². The molecule has 3 aromatic rings. The van der Waals surface area contributed by atoms with Crippen molar-refractivity contribution in [2.45, 2.75) is 6.42 Å². The van der Waals surface area contributed by atoms with Crippen molar-refractivity contribution in [3.05, 3.63) is 40.2 Å². The fourth-order valence-corrected chi connectivity index (χ4v) is 4.75. The average Bonchev–Trinajstić information content (AvgIpc) is 3.40. The van der Waals surface area contributed by atoms with Crippen LogP contribution in [0.15, 0.2) is 35.3 Å². The Bertz CT molecular complexity index is 966. The normalized spacial score (nSPS) is 14.8. The molecule has 1 aliphatic rings. The number of piperazine rings is 1. The summed E-state index contributed by atoms with van der Waals surface area (Å²) in [7, 11) is 0. The summed E-state index contributed by atoms with van der Waals surface area (Å²) in [6.07, 6.45) is 2.37. The Morgan fingerprint density at radius 2 is 1.93 bits per heavy atom. The summed E-state index contributed by atoms with van der Waals surface area (Å²) < 4.78 is 0. The standard InChI is InChI=1S/C19H22N6O2S2/c26-16(23-19(27)20-5-3-14-2-1-10-28-14)12-24-6-8-25(9-7-24)17-15-4-11-29-18(15)22-13-21-17/h1-2,4,10-11,13H,3,5-9,12H2,(H2,20,23,26,27). The Balaban J connectivity index is 1.19. The van der Waals surface area contributed by atoms with Crippen LogP contribution in [0.3, 0.4) is 0 Å². The molecule has 1 aliphatic heterocycles. The Kier molecular flexibility index (Phi) is 6.33. The lowest BCUT2D eigenvalue weighted by molar-refractivity contribution is -0.121. The van der Waals surface area contributed by atoms with E-state index in [2.05, 4.69) is 30.4 Å². The van der Waals surface area contributed by atoms with Gasteiger partial charge in [-0.3, -0.25) is 15.0 Å². The molecule has 4 heterocycles. The lowest BCUT2D eigenvalue weighted by Crippen LogP contribution is -2.51. The molecule has 0 spiro atoms. The zero-order chi connectivity index (χ0) is 20.1. The smallest absolute Gasteiger partial charge is 0.321 e. The maximum Gasteiger partial charge on any atom is 0.321 e. The van der Waals surface area contributed by atoms with Crippen molar-refractivity contribution >= 4 is 50.6 Å². The largest absolute Gasteiger partial charge is 0.353 e. The molecule has 8 nitrogen and oxygen atoms in total. The summed E-state index contributed by atoms with van der Waals surface area (Å²) in [5.41, 5.74) is 0. The summed E-state index contributed by atoms with van der Waals surface area (Å²) >= 11 is 3.26. The lowest BCUT2D eigenvalue weighted by Gasteiger charge is -2.35. The minimum atomic E-state index is -0.439. The zero-order valence-electron chi connectivity index (χ0n) is 15.8. The van der Waals surface area contributed by atoms with Crippen LogP contribution in [0.2, 0.25) is 0 Å². The number of urea groups is 1. The van der Waals surface area contributed by atoms with Crippen LogP contribution in [0.5, 0.6) is 0 Å². The molecule has 2 N–H and O–H groups in total. The van der Waals surface area contributed by atoms with E-state index in [9.17, 15) is 9.59 Å². The first-order valence-corrected chi connectivity index (χ1v) is 11.2. The van der Waals surface area contributed by atoms with Crippen LogP contribution in [0.4, 0.5) is 10.6 Å². The van der Waals surface area contributed by atoms with Gasteiger partial charge in [0.1, 0.15) is 17.0 Å². The molecule has 0 radical (unpaired) electrons. The topological polar surface area (TPSA) is 90.5 Å². The van der Waals surface area contributed by atoms with Crippen molar-refractivity contribution in [2.75, 3.05) is 44.2 Å². The zero-order valence-corrected chi connectivity index (χ0v) is 17.5. The SMILES string of the molecule is O=C(CN1CCN(c2ncnc3sccc23)CC1)NC(=O)NCCc1cccs1. The quantitative estimate of drug-likeness (QED) is 0.621. The fraction of sp³-hybridized carbons (Fsp3) is 0.368. The van der Waals surface area contributed by atoms with E-state index in [1.54, 1.807) is 29.0 Å². The first-order valence-electron chi connectivity index (χ1n) is 9.44. The Morgan fingerprint density at radius 3 is 2.72 bits per heavy atom. The van der Waals surface area contributed by atoms with Gasteiger partial charge in [-0.25, -0.2) is 14.8 Å². The molecule has 0 aromatic carbocycles. The Hall–Kier alpha value is -2.56. The van der Waals surface area contributed by atoms with E-state index < -0.39 is 6.03 Å². The minimum Gasteiger partial charge on any atom is -0.353 e. The van der Waals surface area contributed by atoms with E-state index in [-0.39, 0.29) is 12.5 Å². The van der Waals surface area contributed by atoms with Crippen molar-refractivity contribution in [1.82, 2.24) is 25.5 Å². The van der Waals surface area contributed by atoms with Crippen molar-refractivity contribution in [1.29, 1.82) is 0 Å². The van der Waals surface area contributed by atoms with Gasteiger partial charge in [0.2, 0.25) is 5.91 Å². The van der Waals surface area contributed by atoms with Crippen molar-refractivity contribution in [3.63, 3.8) is 0 Å². The molecule has 0 saturated carbocycles. The van der Waals surface area contributed by atoms with Gasteiger partial charge in [0.15, 0.2) is 0 Å². The van der Waals surface area contributed by atoms with E-state index in [0.717, 1.165) is 48.6 Å². The second kappa shape index (κ2) is 9.29. The fourth-order valence-electron chi connectivity index (χ4n) is 3.31. The molecule has 3 aromatic heterocycles. The molecular weight excluding hydrogens is 408 g/mol. The van der Waals surface area contributed by atoms with Crippen molar-refractivity contribution in [3.8, 4) is 0 Å². The molecule has 4 rings (SSSR count). The Morgan fingerprint density at radius 1 is 1.07 bits per heavy atom. The third kappa shape index (κ3) is 5.08. The summed E-state index contributed by atoms with van der Waals surface area (Å²) in [5.74, 6) is 0.666. The highest BCUT2D eigenvalue weighted by atomic mass is 32.1. The molecule has 29 heavy (non-hydrogen) atoms. The third-order valence-corrected chi connectivity index (χ3v) is 6.53. The number of carbonyl (C=O) groups is 2. The van der Waals surface area contributed by atoms with E-state index in [1.807, 2.05) is 29.0 Å². The van der Waals surface area contributed by atoms with Crippen LogP contribution in [-0.4, -0.2) is 66.1 Å². The van der Waals surface area contributed by atoms with Gasteiger partial charge < -0.3 is 10.2 Å². The number of amides is 3. The second-order valence-corrected chi connectivity index (χ2v) is 8.66. The lowest BCUT2D eigenvalue weighted by atomic mass is 10.2. The number of hydrogen-bond acceptors (Lipinski definition) is 8. The number of anilines is 1. The highest BCUT2D eigenvalue weighted by Gasteiger charge is 2.22. The molecule has 0 aliphatic carbocycles. The van der Waals surface area contributed by atoms with Gasteiger partial charge in [-0.05, 0) is 29.3 Å². The molecule has 0 atom stereocenters. The Labute approximate surface area is 176 Å². The maximum absolute atomic E-state index is 12.2. The first-order chi connectivity index (χ1) is 14.2. The van der Waals surface area contributed by atoms with Crippen molar-refractivity contribution in [2.24, 2.45) is 0 Å². The molecule has 152 valence electrons.